The molecule has 114 valence electrons. The number of hydrogen-bond acceptors (Lipinski definition) is 5. The maximum atomic E-state index is 9.76. The molecule has 0 saturated carbocycles. The van der Waals surface area contributed by atoms with Crippen LogP contribution in [-0.2, 0) is 11.3 Å². The van der Waals surface area contributed by atoms with Crippen LogP contribution >= 0.6 is 0 Å². The molecule has 1 aromatic rings. The molecule has 0 aliphatic heterocycles. The van der Waals surface area contributed by atoms with Gasteiger partial charge in [0.05, 0.1) is 20.3 Å². The average Bonchev–Trinajstić information content (AvgIpc) is 2.49. The predicted octanol–water partition coefficient (Wildman–Crippen LogP) is 1.74. The fourth-order valence-corrected chi connectivity index (χ4v) is 1.63. The first kappa shape index (κ1) is 16.8. The van der Waals surface area contributed by atoms with Crippen molar-refractivity contribution < 1.29 is 24.4 Å². The van der Waals surface area contributed by atoms with Crippen molar-refractivity contribution in [1.82, 2.24) is 0 Å². The van der Waals surface area contributed by atoms with Crippen molar-refractivity contribution in [2.75, 3.05) is 26.9 Å². The third kappa shape index (κ3) is 5.77. The van der Waals surface area contributed by atoms with Crippen LogP contribution in [0.15, 0.2) is 18.2 Å². The van der Waals surface area contributed by atoms with Gasteiger partial charge in [0, 0.05) is 6.61 Å². The van der Waals surface area contributed by atoms with E-state index in [2.05, 4.69) is 6.92 Å². The molecule has 1 atom stereocenters. The highest BCUT2D eigenvalue weighted by molar-refractivity contribution is 5.42. The summed E-state index contributed by atoms with van der Waals surface area (Å²) in [6, 6.07) is 5.19. The Morgan fingerprint density at radius 1 is 1.20 bits per heavy atom. The molecule has 1 unspecified atom stereocenters. The molecular weight excluding hydrogens is 260 g/mol. The number of methoxy groups -OCH3 is 1. The smallest absolute Gasteiger partial charge is 0.161 e. The zero-order valence-corrected chi connectivity index (χ0v) is 12.2. The Bertz CT molecular complexity index is 381. The van der Waals surface area contributed by atoms with Crippen LogP contribution in [-0.4, -0.2) is 43.2 Å². The van der Waals surface area contributed by atoms with Gasteiger partial charge in [0.1, 0.15) is 12.7 Å². The Hall–Kier alpha value is -1.30. The Labute approximate surface area is 120 Å². The molecule has 0 aliphatic carbocycles. The summed E-state index contributed by atoms with van der Waals surface area (Å²) in [4.78, 5) is 0. The molecule has 1 rings (SSSR count). The fraction of sp³-hybridized carbons (Fsp3) is 0.600. The molecule has 0 amide bonds. The summed E-state index contributed by atoms with van der Waals surface area (Å²) in [7, 11) is 1.55. The van der Waals surface area contributed by atoms with Gasteiger partial charge in [-0.3, -0.25) is 0 Å². The van der Waals surface area contributed by atoms with Gasteiger partial charge in [-0.1, -0.05) is 19.4 Å². The second-order valence-corrected chi connectivity index (χ2v) is 4.54. The maximum absolute atomic E-state index is 9.76. The Balaban J connectivity index is 2.43. The average molecular weight is 284 g/mol. The van der Waals surface area contributed by atoms with E-state index >= 15 is 0 Å². The summed E-state index contributed by atoms with van der Waals surface area (Å²) < 4.78 is 16.0. The van der Waals surface area contributed by atoms with Crippen LogP contribution in [0.2, 0.25) is 0 Å². The third-order valence-corrected chi connectivity index (χ3v) is 2.79. The molecule has 0 aliphatic rings. The van der Waals surface area contributed by atoms with Gasteiger partial charge in [-0.05, 0) is 24.1 Å². The van der Waals surface area contributed by atoms with E-state index in [1.165, 1.54) is 0 Å². The van der Waals surface area contributed by atoms with E-state index in [1.807, 2.05) is 0 Å². The van der Waals surface area contributed by atoms with Crippen molar-refractivity contribution in [3.05, 3.63) is 23.8 Å². The van der Waals surface area contributed by atoms with Crippen LogP contribution in [0.1, 0.15) is 25.3 Å². The summed E-state index contributed by atoms with van der Waals surface area (Å²) in [6.45, 7) is 3.04. The molecule has 2 N–H and O–H groups in total. The SMILES string of the molecule is CCCCOCC(O)COc1cc(CO)ccc1OC. The van der Waals surface area contributed by atoms with Gasteiger partial charge in [-0.25, -0.2) is 0 Å². The predicted molar refractivity (Wildman–Crippen MR) is 76.1 cm³/mol. The molecule has 0 heterocycles. The summed E-state index contributed by atoms with van der Waals surface area (Å²) >= 11 is 0. The standard InChI is InChI=1S/C15H24O5/c1-3-4-7-19-10-13(17)11-20-15-8-12(9-16)5-6-14(15)18-2/h5-6,8,13,16-17H,3-4,7,9-11H2,1-2H3. The molecule has 1 aromatic carbocycles. The minimum atomic E-state index is -0.686. The van der Waals surface area contributed by atoms with Crippen LogP contribution in [0.3, 0.4) is 0 Å². The number of unbranched alkanes of at least 4 members (excludes halogenated alkanes) is 1. The lowest BCUT2D eigenvalue weighted by Gasteiger charge is -2.15. The highest BCUT2D eigenvalue weighted by atomic mass is 16.5. The monoisotopic (exact) mass is 284 g/mol. The summed E-state index contributed by atoms with van der Waals surface area (Å²) in [5, 5.41) is 18.9. The van der Waals surface area contributed by atoms with E-state index < -0.39 is 6.10 Å². The van der Waals surface area contributed by atoms with Crippen molar-refractivity contribution in [1.29, 1.82) is 0 Å². The third-order valence-electron chi connectivity index (χ3n) is 2.79. The molecule has 0 spiro atoms. The van der Waals surface area contributed by atoms with E-state index in [0.29, 0.717) is 18.1 Å². The number of aliphatic hydroxyl groups is 2. The van der Waals surface area contributed by atoms with Crippen molar-refractivity contribution in [2.45, 2.75) is 32.5 Å². The molecule has 5 nitrogen and oxygen atoms in total. The zero-order valence-electron chi connectivity index (χ0n) is 12.2. The molecular formula is C15H24O5. The highest BCUT2D eigenvalue weighted by Gasteiger charge is 2.09. The minimum Gasteiger partial charge on any atom is -0.493 e. The first-order valence-corrected chi connectivity index (χ1v) is 6.87. The van der Waals surface area contributed by atoms with Gasteiger partial charge in [-0.2, -0.15) is 0 Å². The Morgan fingerprint density at radius 3 is 2.65 bits per heavy atom. The largest absolute Gasteiger partial charge is 0.493 e. The van der Waals surface area contributed by atoms with Crippen molar-refractivity contribution >= 4 is 0 Å². The van der Waals surface area contributed by atoms with Gasteiger partial charge in [-0.15, -0.1) is 0 Å². The van der Waals surface area contributed by atoms with Gasteiger partial charge in [0.2, 0.25) is 0 Å². The lowest BCUT2D eigenvalue weighted by Crippen LogP contribution is -2.23. The normalized spacial score (nSPS) is 12.2. The quantitative estimate of drug-likeness (QED) is 0.641. The molecule has 20 heavy (non-hydrogen) atoms. The molecule has 0 radical (unpaired) electrons. The van der Waals surface area contributed by atoms with E-state index in [1.54, 1.807) is 25.3 Å². The van der Waals surface area contributed by atoms with Crippen molar-refractivity contribution in [3.8, 4) is 11.5 Å². The number of ether oxygens (including phenoxy) is 3. The first-order valence-electron chi connectivity index (χ1n) is 6.87. The number of rotatable bonds is 10. The molecule has 0 aromatic heterocycles. The summed E-state index contributed by atoms with van der Waals surface area (Å²) in [5.41, 5.74) is 0.731. The van der Waals surface area contributed by atoms with E-state index in [4.69, 9.17) is 19.3 Å². The fourth-order valence-electron chi connectivity index (χ4n) is 1.63. The van der Waals surface area contributed by atoms with Crippen LogP contribution in [0.4, 0.5) is 0 Å². The van der Waals surface area contributed by atoms with E-state index in [0.717, 1.165) is 18.4 Å². The van der Waals surface area contributed by atoms with Crippen molar-refractivity contribution in [3.63, 3.8) is 0 Å². The van der Waals surface area contributed by atoms with Gasteiger partial charge in [0.25, 0.3) is 0 Å². The maximum Gasteiger partial charge on any atom is 0.161 e. The molecule has 0 fully saturated rings. The van der Waals surface area contributed by atoms with E-state index in [-0.39, 0.29) is 19.8 Å². The summed E-state index contributed by atoms with van der Waals surface area (Å²) in [6.07, 6.45) is 1.37. The second-order valence-electron chi connectivity index (χ2n) is 4.54. The van der Waals surface area contributed by atoms with Gasteiger partial charge in [0.15, 0.2) is 11.5 Å². The zero-order chi connectivity index (χ0) is 14.8. The van der Waals surface area contributed by atoms with Crippen LogP contribution in [0.25, 0.3) is 0 Å². The summed E-state index contributed by atoms with van der Waals surface area (Å²) in [5.74, 6) is 1.08. The van der Waals surface area contributed by atoms with Gasteiger partial charge < -0.3 is 24.4 Å². The Morgan fingerprint density at radius 2 is 2.00 bits per heavy atom. The first-order chi connectivity index (χ1) is 9.71. The lowest BCUT2D eigenvalue weighted by molar-refractivity contribution is 0.0108. The molecule has 5 heteroatoms. The lowest BCUT2D eigenvalue weighted by atomic mass is 10.2. The topological polar surface area (TPSA) is 68.2 Å². The molecule has 0 saturated heterocycles. The number of benzene rings is 1. The number of hydrogen-bond donors (Lipinski definition) is 2. The molecule has 0 bridgehead atoms. The van der Waals surface area contributed by atoms with Gasteiger partial charge >= 0.3 is 0 Å². The minimum absolute atomic E-state index is 0.0664. The second kappa shape index (κ2) is 9.58. The van der Waals surface area contributed by atoms with Crippen LogP contribution in [0, 0.1) is 0 Å². The highest BCUT2D eigenvalue weighted by Crippen LogP contribution is 2.28. The Kier molecular flexibility index (Phi) is 8.02. The number of aliphatic hydroxyl groups excluding tert-OH is 2. The van der Waals surface area contributed by atoms with Crippen molar-refractivity contribution in [2.24, 2.45) is 0 Å². The van der Waals surface area contributed by atoms with Crippen LogP contribution < -0.4 is 9.47 Å². The van der Waals surface area contributed by atoms with E-state index in [9.17, 15) is 5.11 Å². The van der Waals surface area contributed by atoms with Crippen LogP contribution in [0.5, 0.6) is 11.5 Å².